The Kier molecular flexibility index (Phi) is 16.0. The SMILES string of the molecule is CCCCCCCC/C=C\CCCCCCCC(=O)O[C@H]1CC[C@@]2(C)C(=CC[C@H]3[C@@H]4CC[C@@H]([C@H](C)CCCC(C)C)[C@@]4(C)CC[C@@H]32)C1. The molecule has 4 aliphatic carbocycles. The van der Waals surface area contributed by atoms with Gasteiger partial charge in [0.15, 0.2) is 0 Å². The number of fused-ring (bicyclic) bond motifs is 5. The van der Waals surface area contributed by atoms with Gasteiger partial charge in [0.1, 0.15) is 6.10 Å². The molecule has 4 aliphatic rings. The highest BCUT2D eigenvalue weighted by Crippen LogP contribution is 2.67. The maximum atomic E-state index is 12.8. The molecule has 4 rings (SSSR count). The zero-order valence-electron chi connectivity index (χ0n) is 32.3. The smallest absolute Gasteiger partial charge is 0.306 e. The van der Waals surface area contributed by atoms with Gasteiger partial charge in [0.2, 0.25) is 0 Å². The highest BCUT2D eigenvalue weighted by Gasteiger charge is 2.59. The number of carbonyl (C=O) groups is 1. The minimum absolute atomic E-state index is 0.0541. The highest BCUT2D eigenvalue weighted by molar-refractivity contribution is 5.69. The van der Waals surface area contributed by atoms with E-state index >= 15 is 0 Å². The van der Waals surface area contributed by atoms with Crippen LogP contribution in [0.3, 0.4) is 0 Å². The first-order chi connectivity index (χ1) is 22.7. The molecular weight excluding hydrogens is 572 g/mol. The molecule has 8 atom stereocenters. The minimum atomic E-state index is 0.0541. The number of hydrogen-bond acceptors (Lipinski definition) is 2. The summed E-state index contributed by atoms with van der Waals surface area (Å²) in [5, 5.41) is 0. The third-order valence-electron chi connectivity index (χ3n) is 14.2. The van der Waals surface area contributed by atoms with E-state index in [0.29, 0.717) is 17.3 Å². The van der Waals surface area contributed by atoms with Crippen molar-refractivity contribution in [2.24, 2.45) is 46.3 Å². The highest BCUT2D eigenvalue weighted by atomic mass is 16.5. The van der Waals surface area contributed by atoms with Gasteiger partial charge in [0, 0.05) is 12.8 Å². The maximum absolute atomic E-state index is 12.8. The number of ether oxygens (including phenoxy) is 1. The number of hydrogen-bond donors (Lipinski definition) is 0. The number of allylic oxidation sites excluding steroid dienone is 3. The molecule has 0 heterocycles. The van der Waals surface area contributed by atoms with Crippen LogP contribution in [0.2, 0.25) is 0 Å². The molecule has 0 spiro atoms. The molecule has 0 aromatic heterocycles. The predicted molar refractivity (Wildman–Crippen MR) is 202 cm³/mol. The molecular formula is C45H78O2. The van der Waals surface area contributed by atoms with Gasteiger partial charge < -0.3 is 4.74 Å². The molecule has 0 bridgehead atoms. The van der Waals surface area contributed by atoms with Crippen LogP contribution in [0, 0.1) is 46.3 Å². The van der Waals surface area contributed by atoms with E-state index in [1.165, 1.54) is 128 Å². The van der Waals surface area contributed by atoms with E-state index in [9.17, 15) is 4.79 Å². The molecule has 0 unspecified atom stereocenters. The maximum Gasteiger partial charge on any atom is 0.306 e. The molecule has 47 heavy (non-hydrogen) atoms. The van der Waals surface area contributed by atoms with Crippen LogP contribution < -0.4 is 0 Å². The molecule has 2 nitrogen and oxygen atoms in total. The van der Waals surface area contributed by atoms with Gasteiger partial charge in [-0.15, -0.1) is 0 Å². The van der Waals surface area contributed by atoms with E-state index in [4.69, 9.17) is 4.74 Å². The number of esters is 1. The molecule has 0 aromatic rings. The second-order valence-electron chi connectivity index (χ2n) is 18.0. The van der Waals surface area contributed by atoms with E-state index < -0.39 is 0 Å². The summed E-state index contributed by atoms with van der Waals surface area (Å²) in [5.41, 5.74) is 2.53. The fourth-order valence-corrected chi connectivity index (χ4v) is 11.3. The van der Waals surface area contributed by atoms with E-state index in [2.05, 4.69) is 59.8 Å². The van der Waals surface area contributed by atoms with Crippen molar-refractivity contribution >= 4 is 5.97 Å². The van der Waals surface area contributed by atoms with Crippen molar-refractivity contribution in [2.45, 2.75) is 208 Å². The Morgan fingerprint density at radius 3 is 2.19 bits per heavy atom. The summed E-state index contributed by atoms with van der Waals surface area (Å²) in [4.78, 5) is 12.8. The second-order valence-corrected chi connectivity index (χ2v) is 18.0. The minimum Gasteiger partial charge on any atom is -0.462 e. The molecule has 270 valence electrons. The first-order valence-electron chi connectivity index (χ1n) is 21.2. The summed E-state index contributed by atoms with van der Waals surface area (Å²) < 4.78 is 6.12. The van der Waals surface area contributed by atoms with Gasteiger partial charge in [0.05, 0.1) is 0 Å². The molecule has 0 N–H and O–H groups in total. The van der Waals surface area contributed by atoms with Gasteiger partial charge in [-0.2, -0.15) is 0 Å². The third-order valence-corrected chi connectivity index (χ3v) is 14.2. The largest absolute Gasteiger partial charge is 0.462 e. The molecule has 0 saturated heterocycles. The van der Waals surface area contributed by atoms with E-state index in [0.717, 1.165) is 61.2 Å². The van der Waals surface area contributed by atoms with Crippen LogP contribution in [0.15, 0.2) is 23.8 Å². The average Bonchev–Trinajstić information content (AvgIpc) is 3.40. The Labute approximate surface area is 293 Å². The molecule has 3 fully saturated rings. The van der Waals surface area contributed by atoms with Crippen molar-refractivity contribution in [1.29, 1.82) is 0 Å². The quantitative estimate of drug-likeness (QED) is 0.0702. The van der Waals surface area contributed by atoms with Gasteiger partial charge in [-0.25, -0.2) is 0 Å². The van der Waals surface area contributed by atoms with Gasteiger partial charge in [0.25, 0.3) is 0 Å². The van der Waals surface area contributed by atoms with Crippen LogP contribution in [0.5, 0.6) is 0 Å². The molecule has 3 saturated carbocycles. The molecule has 0 aliphatic heterocycles. The van der Waals surface area contributed by atoms with Gasteiger partial charge in [-0.1, -0.05) is 136 Å². The van der Waals surface area contributed by atoms with Crippen molar-refractivity contribution < 1.29 is 9.53 Å². The van der Waals surface area contributed by atoms with Crippen LogP contribution in [0.25, 0.3) is 0 Å². The zero-order valence-corrected chi connectivity index (χ0v) is 32.3. The Bertz CT molecular complexity index is 976. The van der Waals surface area contributed by atoms with Crippen molar-refractivity contribution in [2.75, 3.05) is 0 Å². The standard InChI is InChI=1S/C45H78O2/c1-7-8-9-10-11-12-13-14-15-16-17-18-19-20-21-25-43(46)47-38-30-32-44(5)37(34-38)26-27-39-41-29-28-40(36(4)24-22-23-35(2)3)45(41,6)33-31-42(39)44/h14-15,26,35-36,38-42H,7-13,16-25,27-34H2,1-6H3/b15-14-/t36-,38+,39+,40+,41+,42+,44+,45-/m1/s1. The van der Waals surface area contributed by atoms with Crippen LogP contribution in [0.4, 0.5) is 0 Å². The van der Waals surface area contributed by atoms with Crippen molar-refractivity contribution in [1.82, 2.24) is 0 Å². The summed E-state index contributed by atoms with van der Waals surface area (Å²) in [6.45, 7) is 14.9. The van der Waals surface area contributed by atoms with Crippen LogP contribution >= 0.6 is 0 Å². The van der Waals surface area contributed by atoms with Gasteiger partial charge in [-0.3, -0.25) is 4.79 Å². The van der Waals surface area contributed by atoms with E-state index in [-0.39, 0.29) is 12.1 Å². The average molecular weight is 651 g/mol. The summed E-state index contributed by atoms with van der Waals surface area (Å²) in [5.74, 6) is 5.31. The van der Waals surface area contributed by atoms with Crippen molar-refractivity contribution in [3.63, 3.8) is 0 Å². The van der Waals surface area contributed by atoms with Crippen LogP contribution in [-0.2, 0) is 9.53 Å². The van der Waals surface area contributed by atoms with Gasteiger partial charge in [-0.05, 0) is 123 Å². The summed E-state index contributed by atoms with van der Waals surface area (Å²) in [7, 11) is 0. The first-order valence-corrected chi connectivity index (χ1v) is 21.2. The second kappa shape index (κ2) is 19.4. The molecule has 0 amide bonds. The lowest BCUT2D eigenvalue weighted by atomic mass is 9.47. The molecule has 2 heteroatoms. The first kappa shape index (κ1) is 38.7. The Morgan fingerprint density at radius 1 is 0.809 bits per heavy atom. The van der Waals surface area contributed by atoms with Gasteiger partial charge >= 0.3 is 5.97 Å². The fraction of sp³-hybridized carbons (Fsp3) is 0.889. The summed E-state index contributed by atoms with van der Waals surface area (Å²) in [6.07, 6.45) is 39.5. The van der Waals surface area contributed by atoms with Crippen molar-refractivity contribution in [3.8, 4) is 0 Å². The van der Waals surface area contributed by atoms with Crippen LogP contribution in [-0.4, -0.2) is 12.1 Å². The summed E-state index contributed by atoms with van der Waals surface area (Å²) >= 11 is 0. The molecule has 0 radical (unpaired) electrons. The Morgan fingerprint density at radius 2 is 1.49 bits per heavy atom. The normalized spacial score (nSPS) is 32.6. The Hall–Kier alpha value is -1.05. The Balaban J connectivity index is 1.12. The fourth-order valence-electron chi connectivity index (χ4n) is 11.3. The topological polar surface area (TPSA) is 26.3 Å². The summed E-state index contributed by atoms with van der Waals surface area (Å²) in [6, 6.07) is 0. The third kappa shape index (κ3) is 10.7. The monoisotopic (exact) mass is 651 g/mol. The van der Waals surface area contributed by atoms with E-state index in [1.54, 1.807) is 5.57 Å². The lowest BCUT2D eigenvalue weighted by Gasteiger charge is -2.58. The lowest BCUT2D eigenvalue weighted by molar-refractivity contribution is -0.151. The zero-order chi connectivity index (χ0) is 33.7. The lowest BCUT2D eigenvalue weighted by Crippen LogP contribution is -2.51. The van der Waals surface area contributed by atoms with Crippen LogP contribution in [0.1, 0.15) is 202 Å². The molecule has 0 aromatic carbocycles. The predicted octanol–water partition coefficient (Wildman–Crippen LogP) is 14.0. The van der Waals surface area contributed by atoms with E-state index in [1.807, 2.05) is 0 Å². The number of rotatable bonds is 21. The van der Waals surface area contributed by atoms with Crippen molar-refractivity contribution in [3.05, 3.63) is 23.8 Å². The number of unbranched alkanes of at least 4 members (excludes halogenated alkanes) is 11. The number of carbonyl (C=O) groups excluding carboxylic acids is 1.